The first kappa shape index (κ1) is 49.2. The second-order valence-corrected chi connectivity index (χ2v) is 24.1. The van der Waals surface area contributed by atoms with Gasteiger partial charge in [0.25, 0.3) is 0 Å². The number of esters is 3. The maximum Gasteiger partial charge on any atom is 0.338 e. The fourth-order valence-corrected chi connectivity index (χ4v) is 14.7. The van der Waals surface area contributed by atoms with Crippen LogP contribution in [0.4, 0.5) is 0 Å². The first-order valence-corrected chi connectivity index (χ1v) is 24.5. The van der Waals surface area contributed by atoms with Crippen LogP contribution in [0.15, 0.2) is 42.5 Å². The number of carbonyl (C=O) groups excluding carboxylic acids is 4. The van der Waals surface area contributed by atoms with Crippen molar-refractivity contribution in [1.82, 2.24) is 4.90 Å². The Labute approximate surface area is 381 Å². The lowest BCUT2D eigenvalue weighted by Crippen LogP contribution is -2.65. The smallest absolute Gasteiger partial charge is 0.338 e. The number of hydrogen-bond donors (Lipinski definition) is 0. The van der Waals surface area contributed by atoms with E-state index in [2.05, 4.69) is 71.2 Å². The topological polar surface area (TPSA) is 99.2 Å². The molecule has 8 heteroatoms. The van der Waals surface area contributed by atoms with E-state index in [4.69, 9.17) is 14.2 Å². The van der Waals surface area contributed by atoms with Gasteiger partial charge in [-0.15, -0.1) is 0 Å². The summed E-state index contributed by atoms with van der Waals surface area (Å²) in [6, 6.07) is 8.12. The first-order valence-electron chi connectivity index (χ1n) is 24.5. The molecule has 0 unspecified atom stereocenters. The highest BCUT2D eigenvalue weighted by Gasteiger charge is 2.71. The van der Waals surface area contributed by atoms with Crippen molar-refractivity contribution in [2.24, 2.45) is 56.7 Å². The highest BCUT2D eigenvalue weighted by molar-refractivity contribution is 5.90. The summed E-state index contributed by atoms with van der Waals surface area (Å²) in [6.07, 6.45) is 14.0. The van der Waals surface area contributed by atoms with Crippen molar-refractivity contribution in [2.75, 3.05) is 26.7 Å². The molecule has 4 fully saturated rings. The molecule has 0 radical (unpaired) electrons. The summed E-state index contributed by atoms with van der Waals surface area (Å²) in [6.45, 7) is 32.4. The van der Waals surface area contributed by atoms with Crippen LogP contribution in [0.1, 0.15) is 182 Å². The summed E-state index contributed by atoms with van der Waals surface area (Å²) in [7, 11) is 2.02. The lowest BCUT2D eigenvalue weighted by atomic mass is 9.32. The van der Waals surface area contributed by atoms with Crippen LogP contribution in [0.5, 0.6) is 0 Å². The van der Waals surface area contributed by atoms with Crippen molar-refractivity contribution in [3.8, 4) is 0 Å². The SMILES string of the molecule is C=C(C)[C@@H]1CC[C@]2(C(=O)CCCN(C)CCOC(=O)CCC(=O)OC(C)(C)C)CC[C@]3(C)[C@H](CC[C@@H]4[C@@]5(C)CC=C(c6ccc(C(=O)OC(C)(C)C)cc6)C(C)(C)[C@@H]5CC[C@]43C)[C@@H]12. The molecule has 0 aliphatic heterocycles. The Balaban J connectivity index is 1.12. The van der Waals surface area contributed by atoms with Crippen LogP contribution < -0.4 is 0 Å². The van der Waals surface area contributed by atoms with Gasteiger partial charge in [0.15, 0.2) is 0 Å². The van der Waals surface area contributed by atoms with Crippen LogP contribution in [0.3, 0.4) is 0 Å². The molecule has 0 bridgehead atoms. The van der Waals surface area contributed by atoms with E-state index in [0.29, 0.717) is 53.9 Å². The number of rotatable bonds is 14. The molecule has 1 aromatic rings. The minimum atomic E-state index is -0.578. The number of Topliss-reactive ketones (excluding diaryl/α,β-unsaturated/α-hetero) is 1. The third kappa shape index (κ3) is 9.55. The fourth-order valence-electron chi connectivity index (χ4n) is 14.7. The summed E-state index contributed by atoms with van der Waals surface area (Å²) in [5.74, 6) is 1.77. The molecular weight excluding hydrogens is 787 g/mol. The number of ether oxygens (including phenoxy) is 3. The molecular formula is C55H83NO7. The standard InChI is InChI=1S/C55H83NO7/c1-36(2)39-25-30-55(44(57)16-15-33-56(14)34-35-61-45(58)23-24-46(59)62-49(3,4)5)32-31-53(12)41(47(39)55)21-22-43-52(11)28-26-40(51(9,10)42(52)27-29-54(43,53)13)37-17-19-38(20-18-37)48(60)63-50(6,7)8/h17-20,26,39,41-43,47H,1,15-16,21-25,27-35H2,2-14H3/t39-,41+,42-,43+,47+,52-,53+,54+,55+/m0/s1. The first-order chi connectivity index (χ1) is 29.2. The van der Waals surface area contributed by atoms with Gasteiger partial charge in [0.1, 0.15) is 23.6 Å². The highest BCUT2D eigenvalue weighted by atomic mass is 16.6. The molecule has 5 aliphatic rings. The summed E-state index contributed by atoms with van der Waals surface area (Å²) in [4.78, 5) is 54.0. The van der Waals surface area contributed by atoms with E-state index in [1.807, 2.05) is 60.7 Å². The molecule has 1 aromatic carbocycles. The number of benzene rings is 1. The van der Waals surface area contributed by atoms with Crippen LogP contribution >= 0.6 is 0 Å². The van der Waals surface area contributed by atoms with Gasteiger partial charge in [0.05, 0.1) is 18.4 Å². The van der Waals surface area contributed by atoms with Crippen molar-refractivity contribution >= 4 is 29.3 Å². The Hall–Kier alpha value is -3.26. The Morgan fingerprint density at radius 1 is 0.746 bits per heavy atom. The number of likely N-dealkylation sites (N-methyl/N-ethyl adjacent to an activating group) is 1. The quantitative estimate of drug-likeness (QED) is 0.104. The van der Waals surface area contributed by atoms with E-state index in [-0.39, 0.29) is 52.5 Å². The molecule has 63 heavy (non-hydrogen) atoms. The third-order valence-corrected chi connectivity index (χ3v) is 17.7. The summed E-state index contributed by atoms with van der Waals surface area (Å²) < 4.78 is 16.4. The second-order valence-electron chi connectivity index (χ2n) is 24.1. The van der Waals surface area contributed by atoms with Crippen molar-refractivity contribution in [3.63, 3.8) is 0 Å². The van der Waals surface area contributed by atoms with E-state index < -0.39 is 23.1 Å². The van der Waals surface area contributed by atoms with Crippen molar-refractivity contribution < 1.29 is 33.4 Å². The van der Waals surface area contributed by atoms with Gasteiger partial charge in [-0.2, -0.15) is 0 Å². The number of ketones is 1. The average molecular weight is 870 g/mol. The van der Waals surface area contributed by atoms with Crippen molar-refractivity contribution in [1.29, 1.82) is 0 Å². The van der Waals surface area contributed by atoms with Gasteiger partial charge in [-0.05, 0) is 201 Å². The number of allylic oxidation sites excluding steroid dienone is 3. The lowest BCUT2D eigenvalue weighted by Gasteiger charge is -2.72. The third-order valence-electron chi connectivity index (χ3n) is 17.7. The molecule has 350 valence electrons. The Morgan fingerprint density at radius 2 is 1.40 bits per heavy atom. The van der Waals surface area contributed by atoms with E-state index in [9.17, 15) is 19.2 Å². The number of hydrogen-bond acceptors (Lipinski definition) is 8. The summed E-state index contributed by atoms with van der Waals surface area (Å²) in [5.41, 5.74) is 3.55. The molecule has 0 amide bonds. The highest BCUT2D eigenvalue weighted by Crippen LogP contribution is 2.78. The largest absolute Gasteiger partial charge is 0.464 e. The van der Waals surface area contributed by atoms with Gasteiger partial charge >= 0.3 is 17.9 Å². The van der Waals surface area contributed by atoms with Crippen molar-refractivity contribution in [2.45, 2.75) is 178 Å². The zero-order chi connectivity index (χ0) is 46.6. The molecule has 0 spiro atoms. The predicted molar refractivity (Wildman–Crippen MR) is 252 cm³/mol. The lowest BCUT2D eigenvalue weighted by molar-refractivity contribution is -0.224. The molecule has 6 rings (SSSR count). The summed E-state index contributed by atoms with van der Waals surface area (Å²) >= 11 is 0. The number of carbonyl (C=O) groups is 4. The zero-order valence-corrected chi connectivity index (χ0v) is 41.6. The maximum absolute atomic E-state index is 14.8. The number of fused-ring (bicyclic) bond motifs is 7. The van der Waals surface area contributed by atoms with Gasteiger partial charge < -0.3 is 19.1 Å². The number of nitrogens with zero attached hydrogens (tertiary/aromatic N) is 1. The minimum absolute atomic E-state index is 0.00784. The monoisotopic (exact) mass is 870 g/mol. The minimum Gasteiger partial charge on any atom is -0.464 e. The van der Waals surface area contributed by atoms with Gasteiger partial charge in [0.2, 0.25) is 0 Å². The van der Waals surface area contributed by atoms with Crippen LogP contribution in [-0.4, -0.2) is 66.5 Å². The second kappa shape index (κ2) is 17.9. The molecule has 4 saturated carbocycles. The van der Waals surface area contributed by atoms with Gasteiger partial charge in [0, 0.05) is 18.4 Å². The Kier molecular flexibility index (Phi) is 13.9. The van der Waals surface area contributed by atoms with Crippen molar-refractivity contribution in [3.05, 3.63) is 53.6 Å². The van der Waals surface area contributed by atoms with Gasteiger partial charge in [-0.25, -0.2) is 4.79 Å². The zero-order valence-electron chi connectivity index (χ0n) is 41.6. The molecule has 8 nitrogen and oxygen atoms in total. The van der Waals surface area contributed by atoms with E-state index in [1.54, 1.807) is 0 Å². The molecule has 5 aliphatic carbocycles. The van der Waals surface area contributed by atoms with E-state index in [0.717, 1.165) is 45.1 Å². The van der Waals surface area contributed by atoms with Crippen LogP contribution in [0.25, 0.3) is 5.57 Å². The molecule has 0 heterocycles. The molecule has 0 saturated heterocycles. The predicted octanol–water partition coefficient (Wildman–Crippen LogP) is 12.2. The molecule has 0 aromatic heterocycles. The maximum atomic E-state index is 14.8. The Bertz CT molecular complexity index is 1930. The molecule has 0 N–H and O–H groups in total. The van der Waals surface area contributed by atoms with Crippen LogP contribution in [-0.2, 0) is 28.6 Å². The molecule has 9 atom stereocenters. The van der Waals surface area contributed by atoms with E-state index in [1.165, 1.54) is 42.4 Å². The van der Waals surface area contributed by atoms with Gasteiger partial charge in [-0.1, -0.05) is 65.0 Å². The van der Waals surface area contributed by atoms with Crippen LogP contribution in [0.2, 0.25) is 0 Å². The van der Waals surface area contributed by atoms with Crippen LogP contribution in [0, 0.1) is 56.7 Å². The average Bonchev–Trinajstić information content (AvgIpc) is 3.57. The fraction of sp³-hybridized carbons (Fsp3) is 0.745. The van der Waals surface area contributed by atoms with Gasteiger partial charge in [-0.3, -0.25) is 14.4 Å². The normalized spacial score (nSPS) is 33.5. The Morgan fingerprint density at radius 3 is 2.03 bits per heavy atom. The summed E-state index contributed by atoms with van der Waals surface area (Å²) in [5, 5.41) is 0. The van der Waals surface area contributed by atoms with E-state index >= 15 is 0 Å².